The number of carbonyl (C=O) groups excluding carboxylic acids is 1. The predicted molar refractivity (Wildman–Crippen MR) is 83.4 cm³/mol. The van der Waals surface area contributed by atoms with Gasteiger partial charge < -0.3 is 9.64 Å². The molecule has 3 nitrogen and oxygen atoms in total. The second-order valence-electron chi connectivity index (χ2n) is 6.94. The van der Waals surface area contributed by atoms with Gasteiger partial charge >= 0.3 is 0 Å². The molecule has 1 aromatic carbocycles. The Kier molecular flexibility index (Phi) is 3.68. The maximum atomic E-state index is 13.1. The Bertz CT molecular complexity index is 526. The summed E-state index contributed by atoms with van der Waals surface area (Å²) in [5.41, 5.74) is 0.756. The minimum Gasteiger partial charge on any atom is -0.496 e. The molecule has 2 unspecified atom stereocenters. The number of ether oxygens (including phenoxy) is 1. The lowest BCUT2D eigenvalue weighted by Gasteiger charge is -2.37. The van der Waals surface area contributed by atoms with E-state index in [1.54, 1.807) is 7.11 Å². The van der Waals surface area contributed by atoms with Crippen molar-refractivity contribution in [2.75, 3.05) is 20.2 Å². The van der Waals surface area contributed by atoms with Gasteiger partial charge in [0.05, 0.1) is 12.5 Å². The third-order valence-electron chi connectivity index (χ3n) is 4.94. The van der Waals surface area contributed by atoms with Crippen LogP contribution in [-0.4, -0.2) is 31.0 Å². The summed E-state index contributed by atoms with van der Waals surface area (Å²) >= 11 is 0. The minimum atomic E-state index is -0.316. The first-order valence-corrected chi connectivity index (χ1v) is 7.99. The normalized spacial score (nSPS) is 27.3. The maximum Gasteiger partial charge on any atom is 0.233 e. The molecule has 0 aromatic heterocycles. The van der Waals surface area contributed by atoms with Crippen molar-refractivity contribution in [3.05, 3.63) is 29.8 Å². The van der Waals surface area contributed by atoms with E-state index in [0.29, 0.717) is 17.7 Å². The number of hydrogen-bond acceptors (Lipinski definition) is 2. The zero-order valence-electron chi connectivity index (χ0n) is 13.3. The molecule has 2 aliphatic rings. The van der Waals surface area contributed by atoms with Crippen LogP contribution in [0.1, 0.15) is 38.7 Å². The molecule has 0 N–H and O–H groups in total. The summed E-state index contributed by atoms with van der Waals surface area (Å²) in [5, 5.41) is 0. The summed E-state index contributed by atoms with van der Waals surface area (Å²) in [5.74, 6) is 2.36. The Labute approximate surface area is 127 Å². The molecule has 1 saturated carbocycles. The van der Waals surface area contributed by atoms with Gasteiger partial charge in [0.15, 0.2) is 0 Å². The van der Waals surface area contributed by atoms with Crippen molar-refractivity contribution in [2.24, 2.45) is 11.8 Å². The molecule has 1 saturated heterocycles. The van der Waals surface area contributed by atoms with E-state index in [4.69, 9.17) is 4.74 Å². The van der Waals surface area contributed by atoms with Crippen LogP contribution in [0.3, 0.4) is 0 Å². The van der Waals surface area contributed by atoms with E-state index >= 15 is 0 Å². The van der Waals surface area contributed by atoms with Crippen LogP contribution in [0.4, 0.5) is 0 Å². The van der Waals surface area contributed by atoms with Gasteiger partial charge in [0.25, 0.3) is 0 Å². The van der Waals surface area contributed by atoms with E-state index in [1.807, 2.05) is 18.2 Å². The quantitative estimate of drug-likeness (QED) is 0.854. The van der Waals surface area contributed by atoms with Crippen LogP contribution in [-0.2, 0) is 10.2 Å². The minimum absolute atomic E-state index is 0.311. The molecular weight excluding hydrogens is 262 g/mol. The molecule has 3 heteroatoms. The molecule has 0 spiro atoms. The average Bonchev–Trinajstić information content (AvgIpc) is 3.27. The Morgan fingerprint density at radius 2 is 1.81 bits per heavy atom. The summed E-state index contributed by atoms with van der Waals surface area (Å²) in [6.07, 6.45) is 3.13. The van der Waals surface area contributed by atoms with Crippen LogP contribution < -0.4 is 4.74 Å². The lowest BCUT2D eigenvalue weighted by atomic mass is 9.88. The Hall–Kier alpha value is -1.51. The molecule has 2 atom stereocenters. The van der Waals surface area contributed by atoms with Crippen molar-refractivity contribution >= 4 is 5.91 Å². The zero-order valence-corrected chi connectivity index (χ0v) is 13.3. The fourth-order valence-corrected chi connectivity index (χ4v) is 3.89. The molecule has 1 aliphatic heterocycles. The number of carbonyl (C=O) groups is 1. The Morgan fingerprint density at radius 1 is 1.19 bits per heavy atom. The van der Waals surface area contributed by atoms with Gasteiger partial charge in [-0.3, -0.25) is 4.79 Å². The van der Waals surface area contributed by atoms with Crippen molar-refractivity contribution in [3.63, 3.8) is 0 Å². The molecule has 1 aromatic rings. The fraction of sp³-hybridized carbons (Fsp3) is 0.611. The number of piperidine rings is 1. The Balaban J connectivity index is 1.87. The molecule has 0 radical (unpaired) electrons. The van der Waals surface area contributed by atoms with E-state index in [0.717, 1.165) is 37.2 Å². The maximum absolute atomic E-state index is 13.1. The molecule has 21 heavy (non-hydrogen) atoms. The highest BCUT2D eigenvalue weighted by Crippen LogP contribution is 2.52. The first-order chi connectivity index (χ1) is 10.1. The van der Waals surface area contributed by atoms with Crippen LogP contribution in [0, 0.1) is 11.8 Å². The average molecular weight is 287 g/mol. The third-order valence-corrected chi connectivity index (χ3v) is 4.94. The molecular formula is C18H25NO2. The van der Waals surface area contributed by atoms with E-state index in [1.165, 1.54) is 6.42 Å². The van der Waals surface area contributed by atoms with Gasteiger partial charge in [-0.1, -0.05) is 32.0 Å². The van der Waals surface area contributed by atoms with Crippen molar-refractivity contribution in [2.45, 2.75) is 38.5 Å². The second-order valence-corrected chi connectivity index (χ2v) is 6.94. The smallest absolute Gasteiger partial charge is 0.233 e. The predicted octanol–water partition coefficient (Wildman–Crippen LogP) is 3.23. The topological polar surface area (TPSA) is 29.5 Å². The largest absolute Gasteiger partial charge is 0.496 e. The number of methoxy groups -OCH3 is 1. The van der Waals surface area contributed by atoms with Crippen LogP contribution in [0.15, 0.2) is 24.3 Å². The van der Waals surface area contributed by atoms with E-state index in [-0.39, 0.29) is 5.41 Å². The highest BCUT2D eigenvalue weighted by atomic mass is 16.5. The van der Waals surface area contributed by atoms with Gasteiger partial charge in [0, 0.05) is 18.7 Å². The van der Waals surface area contributed by atoms with Gasteiger partial charge in [-0.2, -0.15) is 0 Å². The summed E-state index contributed by atoms with van der Waals surface area (Å²) in [4.78, 5) is 15.2. The van der Waals surface area contributed by atoms with Crippen LogP contribution >= 0.6 is 0 Å². The molecule has 1 aliphatic carbocycles. The molecule has 3 rings (SSSR count). The SMILES string of the molecule is COc1ccccc1C1(C(=O)N2CC(C)CC(C)C2)CC1. The van der Waals surface area contributed by atoms with Gasteiger partial charge in [0.1, 0.15) is 5.75 Å². The summed E-state index contributed by atoms with van der Waals surface area (Å²) in [6.45, 7) is 6.30. The molecule has 1 heterocycles. The van der Waals surface area contributed by atoms with Gasteiger partial charge in [-0.25, -0.2) is 0 Å². The first kappa shape index (κ1) is 14.4. The highest BCUT2D eigenvalue weighted by Gasteiger charge is 2.54. The second kappa shape index (κ2) is 5.36. The molecule has 0 bridgehead atoms. The lowest BCUT2D eigenvalue weighted by Crippen LogP contribution is -2.47. The summed E-state index contributed by atoms with van der Waals surface area (Å²) in [6, 6.07) is 7.99. The highest BCUT2D eigenvalue weighted by molar-refractivity contribution is 5.92. The van der Waals surface area contributed by atoms with Crippen LogP contribution in [0.2, 0.25) is 0 Å². The van der Waals surface area contributed by atoms with Gasteiger partial charge in [0.2, 0.25) is 5.91 Å². The zero-order chi connectivity index (χ0) is 15.0. The number of hydrogen-bond donors (Lipinski definition) is 0. The third kappa shape index (κ3) is 2.54. The summed E-state index contributed by atoms with van der Waals surface area (Å²) < 4.78 is 5.48. The number of amides is 1. The standard InChI is InChI=1S/C18H25NO2/c1-13-10-14(2)12-19(11-13)17(20)18(8-9-18)15-6-4-5-7-16(15)21-3/h4-7,13-14H,8-12H2,1-3H3. The van der Waals surface area contributed by atoms with Crippen molar-refractivity contribution < 1.29 is 9.53 Å². The molecule has 114 valence electrons. The van der Waals surface area contributed by atoms with Gasteiger partial charge in [-0.15, -0.1) is 0 Å². The van der Waals surface area contributed by atoms with Crippen molar-refractivity contribution in [3.8, 4) is 5.75 Å². The lowest BCUT2D eigenvalue weighted by molar-refractivity contribution is -0.136. The van der Waals surface area contributed by atoms with Crippen LogP contribution in [0.5, 0.6) is 5.75 Å². The summed E-state index contributed by atoms with van der Waals surface area (Å²) in [7, 11) is 1.68. The van der Waals surface area contributed by atoms with Crippen molar-refractivity contribution in [1.82, 2.24) is 4.90 Å². The van der Waals surface area contributed by atoms with Crippen molar-refractivity contribution in [1.29, 1.82) is 0 Å². The fourth-order valence-electron chi connectivity index (χ4n) is 3.89. The molecule has 1 amide bonds. The van der Waals surface area contributed by atoms with E-state index < -0.39 is 0 Å². The number of para-hydroxylation sites is 1. The van der Waals surface area contributed by atoms with Gasteiger partial charge in [-0.05, 0) is 37.2 Å². The number of rotatable bonds is 3. The van der Waals surface area contributed by atoms with Crippen LogP contribution in [0.25, 0.3) is 0 Å². The first-order valence-electron chi connectivity index (χ1n) is 7.99. The Morgan fingerprint density at radius 3 is 2.38 bits per heavy atom. The number of benzene rings is 1. The van der Waals surface area contributed by atoms with E-state index in [9.17, 15) is 4.79 Å². The number of likely N-dealkylation sites (tertiary alicyclic amines) is 1. The molecule has 2 fully saturated rings. The number of nitrogens with zero attached hydrogens (tertiary/aromatic N) is 1. The van der Waals surface area contributed by atoms with E-state index in [2.05, 4.69) is 24.8 Å². The monoisotopic (exact) mass is 287 g/mol.